The van der Waals surface area contributed by atoms with Gasteiger partial charge in [0.15, 0.2) is 0 Å². The molecule has 0 N–H and O–H groups in total. The van der Waals surface area contributed by atoms with Crippen molar-refractivity contribution in [3.8, 4) is 0 Å². The summed E-state index contributed by atoms with van der Waals surface area (Å²) in [6.45, 7) is 5.79. The Kier molecular flexibility index (Phi) is 4.26. The van der Waals surface area contributed by atoms with Gasteiger partial charge >= 0.3 is 8.56 Å². The minimum Gasteiger partial charge on any atom is -0.420 e. The largest absolute Gasteiger partial charge is 0.420 e. The SMILES string of the molecule is C[SiH]1O[SiH](C)O[Si](C)(CCCF)O1. The minimum absolute atomic E-state index is 0.276. The van der Waals surface area contributed by atoms with Gasteiger partial charge < -0.3 is 12.3 Å². The standard InChI is InChI=1S/C6H17FO3Si3/c1-11-8-12(2)10-13(3,9-11)6-4-5-7/h11-12H,4-6H2,1-3H3. The summed E-state index contributed by atoms with van der Waals surface area (Å²) in [4.78, 5) is 0. The molecule has 7 heteroatoms. The van der Waals surface area contributed by atoms with Crippen LogP contribution >= 0.6 is 0 Å². The van der Waals surface area contributed by atoms with E-state index in [0.717, 1.165) is 6.04 Å². The van der Waals surface area contributed by atoms with Crippen molar-refractivity contribution in [3.05, 3.63) is 0 Å². The molecule has 1 saturated heterocycles. The maximum Gasteiger partial charge on any atom is 0.317 e. The highest BCUT2D eigenvalue weighted by Crippen LogP contribution is 2.23. The normalized spacial score (nSPS) is 40.6. The quantitative estimate of drug-likeness (QED) is 0.694. The molecule has 1 rings (SSSR count). The fourth-order valence-corrected chi connectivity index (χ4v) is 13.2. The van der Waals surface area contributed by atoms with Crippen molar-refractivity contribution in [2.45, 2.75) is 32.1 Å². The molecule has 0 aromatic rings. The lowest BCUT2D eigenvalue weighted by Crippen LogP contribution is -2.54. The topological polar surface area (TPSA) is 27.7 Å². The van der Waals surface area contributed by atoms with Crippen LogP contribution in [0.4, 0.5) is 4.39 Å². The fourth-order valence-electron chi connectivity index (χ4n) is 1.56. The summed E-state index contributed by atoms with van der Waals surface area (Å²) in [6, 6.07) is 0.765. The predicted octanol–water partition coefficient (Wildman–Crippen LogP) is 1.18. The summed E-state index contributed by atoms with van der Waals surface area (Å²) in [5, 5.41) is 0. The highest BCUT2D eigenvalue weighted by molar-refractivity contribution is 6.82. The van der Waals surface area contributed by atoms with Crippen molar-refractivity contribution >= 4 is 27.1 Å². The third-order valence-electron chi connectivity index (χ3n) is 1.98. The van der Waals surface area contributed by atoms with E-state index >= 15 is 0 Å². The van der Waals surface area contributed by atoms with Crippen LogP contribution in [0.25, 0.3) is 0 Å². The third-order valence-corrected chi connectivity index (χ3v) is 13.0. The lowest BCUT2D eigenvalue weighted by atomic mass is 10.6. The maximum absolute atomic E-state index is 12.0. The Bertz CT molecular complexity index is 161. The summed E-state index contributed by atoms with van der Waals surface area (Å²) in [5.74, 6) is 0. The molecular formula is C6H17FO3Si3. The number of hydrogen-bond acceptors (Lipinski definition) is 3. The van der Waals surface area contributed by atoms with Crippen molar-refractivity contribution in [1.29, 1.82) is 0 Å². The Morgan fingerprint density at radius 3 is 2.23 bits per heavy atom. The van der Waals surface area contributed by atoms with E-state index in [0.29, 0.717) is 6.42 Å². The van der Waals surface area contributed by atoms with Gasteiger partial charge in [0.1, 0.15) is 0 Å². The maximum atomic E-state index is 12.0. The Balaban J connectivity index is 2.45. The van der Waals surface area contributed by atoms with Gasteiger partial charge in [-0.25, -0.2) is 0 Å². The van der Waals surface area contributed by atoms with Gasteiger partial charge in [0, 0.05) is 0 Å². The van der Waals surface area contributed by atoms with E-state index in [9.17, 15) is 4.39 Å². The molecule has 0 radical (unpaired) electrons. The van der Waals surface area contributed by atoms with Gasteiger partial charge in [-0.05, 0) is 32.1 Å². The van der Waals surface area contributed by atoms with E-state index in [1.54, 1.807) is 0 Å². The van der Waals surface area contributed by atoms with Crippen molar-refractivity contribution in [1.82, 2.24) is 0 Å². The van der Waals surface area contributed by atoms with E-state index in [2.05, 4.69) is 0 Å². The second-order valence-corrected chi connectivity index (χ2v) is 11.4. The summed E-state index contributed by atoms with van der Waals surface area (Å²) in [6.07, 6.45) is 0.560. The molecule has 13 heavy (non-hydrogen) atoms. The average Bonchev–Trinajstić information content (AvgIpc) is 1.98. The summed E-state index contributed by atoms with van der Waals surface area (Å²) in [5.41, 5.74) is 0. The minimum atomic E-state index is -2.03. The van der Waals surface area contributed by atoms with Crippen LogP contribution in [0.15, 0.2) is 0 Å². The zero-order chi connectivity index (χ0) is 9.90. The van der Waals surface area contributed by atoms with Gasteiger partial charge in [-0.3, -0.25) is 4.39 Å². The van der Waals surface area contributed by atoms with Gasteiger partial charge in [-0.15, -0.1) is 0 Å². The molecule has 0 saturated carbocycles. The first-order valence-electron chi connectivity index (χ1n) is 4.63. The molecule has 0 bridgehead atoms. The van der Waals surface area contributed by atoms with Crippen LogP contribution in [-0.4, -0.2) is 33.8 Å². The zero-order valence-corrected chi connectivity index (χ0v) is 11.7. The molecule has 3 nitrogen and oxygen atoms in total. The summed E-state index contributed by atoms with van der Waals surface area (Å²) < 4.78 is 29.0. The van der Waals surface area contributed by atoms with Crippen LogP contribution in [0.5, 0.6) is 0 Å². The first-order chi connectivity index (χ1) is 6.06. The van der Waals surface area contributed by atoms with Gasteiger partial charge in [0.2, 0.25) is 0 Å². The Morgan fingerprint density at radius 1 is 1.23 bits per heavy atom. The first-order valence-corrected chi connectivity index (χ1v) is 11.3. The van der Waals surface area contributed by atoms with E-state index < -0.39 is 27.1 Å². The van der Waals surface area contributed by atoms with E-state index in [-0.39, 0.29) is 6.67 Å². The Morgan fingerprint density at radius 2 is 1.77 bits per heavy atom. The first kappa shape index (κ1) is 11.5. The van der Waals surface area contributed by atoms with Gasteiger partial charge in [-0.1, -0.05) is 0 Å². The average molecular weight is 240 g/mol. The van der Waals surface area contributed by atoms with Crippen molar-refractivity contribution in [2.24, 2.45) is 0 Å². The molecular weight excluding hydrogens is 223 g/mol. The molecule has 1 aliphatic rings. The lowest BCUT2D eigenvalue weighted by Gasteiger charge is -2.38. The highest BCUT2D eigenvalue weighted by Gasteiger charge is 2.40. The number of rotatable bonds is 3. The monoisotopic (exact) mass is 240 g/mol. The second kappa shape index (κ2) is 4.80. The summed E-state index contributed by atoms with van der Waals surface area (Å²) >= 11 is 0. The van der Waals surface area contributed by atoms with Crippen LogP contribution in [-0.2, 0) is 12.3 Å². The molecule has 1 heterocycles. The number of hydrogen-bond donors (Lipinski definition) is 0. The van der Waals surface area contributed by atoms with Crippen LogP contribution in [0, 0.1) is 0 Å². The molecule has 0 aromatic heterocycles. The van der Waals surface area contributed by atoms with Gasteiger partial charge in [0.25, 0.3) is 18.6 Å². The van der Waals surface area contributed by atoms with Crippen LogP contribution in [0.1, 0.15) is 6.42 Å². The molecule has 0 aromatic carbocycles. The highest BCUT2D eigenvalue weighted by atomic mass is 28.5. The smallest absolute Gasteiger partial charge is 0.317 e. The van der Waals surface area contributed by atoms with Crippen molar-refractivity contribution in [2.75, 3.05) is 6.67 Å². The van der Waals surface area contributed by atoms with E-state index in [1.165, 1.54) is 0 Å². The molecule has 1 aliphatic heterocycles. The van der Waals surface area contributed by atoms with E-state index in [4.69, 9.17) is 12.3 Å². The molecule has 0 aliphatic carbocycles. The molecule has 0 spiro atoms. The zero-order valence-electron chi connectivity index (χ0n) is 8.38. The fraction of sp³-hybridized carbons (Fsp3) is 1.00. The summed E-state index contributed by atoms with van der Waals surface area (Å²) in [7, 11) is -4.91. The number of alkyl halides is 1. The molecule has 2 atom stereocenters. The van der Waals surface area contributed by atoms with Crippen LogP contribution < -0.4 is 0 Å². The van der Waals surface area contributed by atoms with E-state index in [1.807, 2.05) is 19.6 Å². The second-order valence-electron chi connectivity index (χ2n) is 3.43. The van der Waals surface area contributed by atoms with Gasteiger partial charge in [0.05, 0.1) is 6.67 Å². The number of halogens is 1. The molecule has 0 amide bonds. The third kappa shape index (κ3) is 3.60. The van der Waals surface area contributed by atoms with Crippen LogP contribution in [0.2, 0.25) is 25.7 Å². The predicted molar refractivity (Wildman–Crippen MR) is 56.3 cm³/mol. The van der Waals surface area contributed by atoms with Crippen molar-refractivity contribution in [3.63, 3.8) is 0 Å². The Hall–Kier alpha value is 0.461. The molecule has 78 valence electrons. The lowest BCUT2D eigenvalue weighted by molar-refractivity contribution is 0.265. The van der Waals surface area contributed by atoms with Crippen molar-refractivity contribution < 1.29 is 16.7 Å². The Labute approximate surface area is 83.1 Å². The van der Waals surface area contributed by atoms with Crippen LogP contribution in [0.3, 0.4) is 0 Å². The molecule has 2 unspecified atom stereocenters. The molecule has 1 fully saturated rings. The van der Waals surface area contributed by atoms with Gasteiger partial charge in [-0.2, -0.15) is 0 Å².